The van der Waals surface area contributed by atoms with Crippen molar-refractivity contribution in [2.75, 3.05) is 4.90 Å². The lowest BCUT2D eigenvalue weighted by Crippen LogP contribution is -2.29. The van der Waals surface area contributed by atoms with E-state index in [1.54, 1.807) is 0 Å². The van der Waals surface area contributed by atoms with Gasteiger partial charge in [0.15, 0.2) is 0 Å². The Kier molecular flexibility index (Phi) is 6.46. The number of hydrogen-bond acceptors (Lipinski definition) is 3. The first-order valence-corrected chi connectivity index (χ1v) is 19.9. The number of benzene rings is 6. The average Bonchev–Trinajstić information content (AvgIpc) is 4.01. The van der Waals surface area contributed by atoms with E-state index >= 15 is 0 Å². The minimum absolute atomic E-state index is 0.177. The predicted octanol–water partition coefficient (Wildman–Crippen LogP) is 12.5. The summed E-state index contributed by atoms with van der Waals surface area (Å²) in [7, 11) is 0. The molecule has 2 aliphatic rings. The molecule has 2 atom stereocenters. The fourth-order valence-corrected chi connectivity index (χ4v) is 10.1. The lowest BCUT2D eigenvalue weighted by Gasteiger charge is -2.28. The van der Waals surface area contributed by atoms with Crippen molar-refractivity contribution in [3.05, 3.63) is 200 Å². The zero-order valence-electron chi connectivity index (χ0n) is 31.3. The van der Waals surface area contributed by atoms with Crippen LogP contribution >= 0.6 is 0 Å². The van der Waals surface area contributed by atoms with E-state index in [2.05, 4.69) is 213 Å². The van der Waals surface area contributed by atoms with Gasteiger partial charge in [-0.2, -0.15) is 0 Å². The van der Waals surface area contributed by atoms with Crippen LogP contribution in [0.15, 0.2) is 194 Å². The zero-order valence-corrected chi connectivity index (χ0v) is 31.3. The molecule has 272 valence electrons. The first-order valence-electron chi connectivity index (χ1n) is 19.9. The summed E-state index contributed by atoms with van der Waals surface area (Å²) in [5.41, 5.74) is 9.31. The van der Waals surface area contributed by atoms with Gasteiger partial charge < -0.3 is 4.90 Å². The van der Waals surface area contributed by atoms with Crippen LogP contribution in [0.3, 0.4) is 0 Å². The summed E-state index contributed by atoms with van der Waals surface area (Å²) in [6, 6.07) is 61.0. The predicted molar refractivity (Wildman–Crippen MR) is 238 cm³/mol. The van der Waals surface area contributed by atoms with Crippen molar-refractivity contribution in [3.8, 4) is 17.5 Å². The minimum atomic E-state index is 0.177. The third-order valence-corrected chi connectivity index (χ3v) is 12.4. The van der Waals surface area contributed by atoms with Crippen molar-refractivity contribution in [2.45, 2.75) is 12.0 Å². The van der Waals surface area contributed by atoms with Crippen LogP contribution in [0.25, 0.3) is 82.9 Å². The first kappa shape index (κ1) is 31.5. The quantitative estimate of drug-likeness (QED) is 0.180. The van der Waals surface area contributed by atoms with Crippen molar-refractivity contribution in [1.82, 2.24) is 23.7 Å². The van der Waals surface area contributed by atoms with Gasteiger partial charge in [-0.25, -0.2) is 9.97 Å². The fraction of sp³-hybridized carbons (Fsp3) is 0.0385. The molecule has 58 heavy (non-hydrogen) atoms. The van der Waals surface area contributed by atoms with E-state index in [4.69, 9.17) is 9.97 Å². The van der Waals surface area contributed by atoms with Crippen LogP contribution in [0.5, 0.6) is 0 Å². The van der Waals surface area contributed by atoms with Gasteiger partial charge in [-0.05, 0) is 72.3 Å². The average molecular weight is 743 g/mol. The molecule has 13 rings (SSSR count). The molecule has 11 aromatic rings. The second-order valence-electron chi connectivity index (χ2n) is 15.4. The molecule has 0 amide bonds. The highest BCUT2D eigenvalue weighted by Gasteiger charge is 2.37. The van der Waals surface area contributed by atoms with E-state index in [0.717, 1.165) is 56.4 Å². The number of anilines is 2. The van der Waals surface area contributed by atoms with Crippen LogP contribution in [-0.2, 0) is 0 Å². The molecule has 6 heteroatoms. The molecule has 1 aliphatic carbocycles. The Morgan fingerprint density at radius 3 is 1.36 bits per heavy atom. The van der Waals surface area contributed by atoms with Crippen molar-refractivity contribution < 1.29 is 0 Å². The van der Waals surface area contributed by atoms with Crippen LogP contribution < -0.4 is 4.90 Å². The Bertz CT molecular complexity index is 3510. The van der Waals surface area contributed by atoms with Crippen LogP contribution in [0.1, 0.15) is 11.5 Å². The Morgan fingerprint density at radius 2 is 0.776 bits per heavy atom. The fourth-order valence-electron chi connectivity index (χ4n) is 10.1. The summed E-state index contributed by atoms with van der Waals surface area (Å²) >= 11 is 0. The monoisotopic (exact) mass is 742 g/mol. The van der Waals surface area contributed by atoms with Gasteiger partial charge in [-0.15, -0.1) is 0 Å². The summed E-state index contributed by atoms with van der Waals surface area (Å²) in [6.45, 7) is 0. The van der Waals surface area contributed by atoms with E-state index in [1.165, 1.54) is 43.6 Å². The molecule has 6 nitrogen and oxygen atoms in total. The number of fused-ring (bicyclic) bond motifs is 13. The summed E-state index contributed by atoms with van der Waals surface area (Å²) in [5.74, 6) is 3.89. The third kappa shape index (κ3) is 4.26. The highest BCUT2D eigenvalue weighted by molar-refractivity contribution is 6.28. The van der Waals surface area contributed by atoms with Gasteiger partial charge in [0.25, 0.3) is 0 Å². The molecule has 5 aromatic heterocycles. The molecule has 0 saturated heterocycles. The molecule has 0 radical (unpaired) electrons. The molecule has 2 unspecified atom stereocenters. The van der Waals surface area contributed by atoms with E-state index in [0.29, 0.717) is 5.92 Å². The lowest BCUT2D eigenvalue weighted by atomic mass is 9.91. The Hall–Kier alpha value is -7.70. The first-order chi connectivity index (χ1) is 28.8. The lowest BCUT2D eigenvalue weighted by molar-refractivity contribution is 0.737. The van der Waals surface area contributed by atoms with Gasteiger partial charge in [0.2, 0.25) is 0 Å². The molecular formula is C52H34N6. The Balaban J connectivity index is 1.03. The number of aromatic nitrogens is 5. The second kappa shape index (κ2) is 11.9. The molecule has 1 aliphatic heterocycles. The summed E-state index contributed by atoms with van der Waals surface area (Å²) < 4.78 is 6.97. The van der Waals surface area contributed by atoms with Gasteiger partial charge in [-0.1, -0.05) is 127 Å². The van der Waals surface area contributed by atoms with Crippen molar-refractivity contribution >= 4 is 76.9 Å². The third-order valence-electron chi connectivity index (χ3n) is 12.4. The molecule has 0 fully saturated rings. The van der Waals surface area contributed by atoms with Crippen LogP contribution in [0.4, 0.5) is 11.5 Å². The van der Waals surface area contributed by atoms with Crippen molar-refractivity contribution in [1.29, 1.82) is 0 Å². The molecular weight excluding hydrogens is 709 g/mol. The topological polar surface area (TPSA) is 43.8 Å². The summed E-state index contributed by atoms with van der Waals surface area (Å²) in [6.07, 6.45) is 8.95. The normalized spacial score (nSPS) is 16.1. The number of rotatable bonds is 4. The highest BCUT2D eigenvalue weighted by Crippen LogP contribution is 2.48. The number of hydrogen-bond donors (Lipinski definition) is 0. The van der Waals surface area contributed by atoms with E-state index in [-0.39, 0.29) is 6.04 Å². The number of nitrogens with zero attached hydrogens (tertiary/aromatic N) is 6. The van der Waals surface area contributed by atoms with Gasteiger partial charge in [-0.3, -0.25) is 13.7 Å². The second-order valence-corrected chi connectivity index (χ2v) is 15.4. The van der Waals surface area contributed by atoms with Crippen LogP contribution in [0, 0.1) is 0 Å². The SMILES string of the molecule is C1=CC2c3ccccc3N(c3cccc(-n4c5ccccc5c5c6c7ccccc7n(-c7cccc(-n8c9ccccc9c9ccccc98)n7)c6ccc54)n3)C2C=C1. The Morgan fingerprint density at radius 1 is 0.345 bits per heavy atom. The minimum Gasteiger partial charge on any atom is -0.318 e. The maximum Gasteiger partial charge on any atom is 0.140 e. The zero-order chi connectivity index (χ0) is 37.9. The van der Waals surface area contributed by atoms with E-state index in [1.807, 2.05) is 0 Å². The van der Waals surface area contributed by atoms with Crippen LogP contribution in [-0.4, -0.2) is 29.7 Å². The molecule has 6 heterocycles. The molecule has 0 saturated carbocycles. The van der Waals surface area contributed by atoms with Crippen molar-refractivity contribution in [3.63, 3.8) is 0 Å². The van der Waals surface area contributed by atoms with Gasteiger partial charge in [0.05, 0.1) is 39.1 Å². The number of pyridine rings is 2. The van der Waals surface area contributed by atoms with E-state index in [9.17, 15) is 0 Å². The summed E-state index contributed by atoms with van der Waals surface area (Å²) in [4.78, 5) is 13.3. The Labute approximate surface area is 333 Å². The van der Waals surface area contributed by atoms with Gasteiger partial charge in [0.1, 0.15) is 23.3 Å². The number of para-hydroxylation sites is 5. The van der Waals surface area contributed by atoms with Gasteiger partial charge in [0, 0.05) is 43.9 Å². The molecule has 6 aromatic carbocycles. The van der Waals surface area contributed by atoms with E-state index < -0.39 is 0 Å². The largest absolute Gasteiger partial charge is 0.318 e. The maximum atomic E-state index is 5.47. The standard InChI is InChI=1S/C52H34N6/c1-7-21-39-33(15-1)34-16-2-8-22-40(34)55(39)47-27-13-29-49(53-47)57-43-25-11-5-19-37(43)51-45(57)31-32-46-52(51)38-20-6-12-26-44(38)58(46)50-30-14-28-48(54-50)56-41-23-9-3-17-35(41)36-18-4-10-24-42(36)56/h1-33,39H. The summed E-state index contributed by atoms with van der Waals surface area (Å²) in [5, 5.41) is 7.24. The molecule has 0 N–H and O–H groups in total. The molecule has 0 bridgehead atoms. The highest BCUT2D eigenvalue weighted by atomic mass is 15.3. The van der Waals surface area contributed by atoms with Crippen molar-refractivity contribution in [2.24, 2.45) is 0 Å². The van der Waals surface area contributed by atoms with Crippen LogP contribution in [0.2, 0.25) is 0 Å². The smallest absolute Gasteiger partial charge is 0.140 e. The maximum absolute atomic E-state index is 5.47. The van der Waals surface area contributed by atoms with Gasteiger partial charge >= 0.3 is 0 Å². The molecule has 0 spiro atoms. The number of allylic oxidation sites excluding steroid dienone is 2.